The summed E-state index contributed by atoms with van der Waals surface area (Å²) >= 11 is 5.91. The smallest absolute Gasteiger partial charge is 0.247 e. The highest BCUT2D eigenvalue weighted by molar-refractivity contribution is 6.29. The number of nitrogens with zero attached hydrogens (tertiary/aromatic N) is 8. The van der Waals surface area contributed by atoms with E-state index >= 15 is 0 Å². The Bertz CT molecular complexity index is 1450. The molecule has 0 aliphatic heterocycles. The largest absolute Gasteiger partial charge is 0.367 e. The molecule has 13 nitrogen and oxygen atoms in total. The van der Waals surface area contributed by atoms with Gasteiger partial charge in [0.05, 0.1) is 23.5 Å². The molecule has 2 aliphatic carbocycles. The number of anilines is 2. The molecule has 2 aliphatic rings. The van der Waals surface area contributed by atoms with Gasteiger partial charge in [0.15, 0.2) is 29.0 Å². The molecule has 0 atom stereocenters. The van der Waals surface area contributed by atoms with E-state index in [1.807, 2.05) is 0 Å². The molecular weight excluding hydrogens is 462 g/mol. The van der Waals surface area contributed by atoms with Crippen LogP contribution in [0, 0.1) is 5.53 Å². The SMILES string of the molecule is N=[N+]=Nc1cc(NC2CC2)n2ncc(C=O)c2n1.O=Cc1cnn2c(NC3CC3)cc(Cl)nc12. The van der Waals surface area contributed by atoms with Crippen LogP contribution < -0.4 is 15.5 Å². The van der Waals surface area contributed by atoms with Gasteiger partial charge < -0.3 is 10.6 Å². The number of carbonyl (C=O) groups excluding carboxylic acids is 2. The van der Waals surface area contributed by atoms with Gasteiger partial charge in [-0.2, -0.15) is 19.2 Å². The van der Waals surface area contributed by atoms with E-state index < -0.39 is 0 Å². The number of aromatic nitrogens is 6. The first-order chi connectivity index (χ1) is 16.6. The number of rotatable bonds is 7. The maximum atomic E-state index is 10.9. The van der Waals surface area contributed by atoms with Gasteiger partial charge >= 0.3 is 0 Å². The standard InChI is InChI=1S/C10H9ClN4O.C10H9N7O/c11-8-3-9(13-7-1-2-7)15-10(14-8)6(5-16)4-12-15;11-16-15-8-3-9(13-7-1-2-7)17-10(14-8)6(5-18)4-12-17/h3-5,7,13H,1-2H2;3-5,7H,1-2H2,(H-,11,12,13,14,15,18)/p+1. The molecule has 2 saturated carbocycles. The molecule has 4 aromatic rings. The second-order valence-electron chi connectivity index (χ2n) is 7.91. The third-order valence-corrected chi connectivity index (χ3v) is 5.41. The molecule has 0 saturated heterocycles. The Morgan fingerprint density at radius 2 is 1.47 bits per heavy atom. The molecule has 34 heavy (non-hydrogen) atoms. The molecule has 0 aromatic carbocycles. The van der Waals surface area contributed by atoms with Crippen molar-refractivity contribution < 1.29 is 9.59 Å². The van der Waals surface area contributed by atoms with Crippen LogP contribution in [0.15, 0.2) is 29.6 Å². The van der Waals surface area contributed by atoms with Crippen molar-refractivity contribution in [2.24, 2.45) is 5.11 Å². The van der Waals surface area contributed by atoms with Crippen LogP contribution in [0.5, 0.6) is 0 Å². The second kappa shape index (κ2) is 8.96. The first-order valence-corrected chi connectivity index (χ1v) is 10.9. The van der Waals surface area contributed by atoms with E-state index in [-0.39, 0.29) is 5.82 Å². The Morgan fingerprint density at radius 3 is 1.97 bits per heavy atom. The molecule has 0 amide bonds. The quantitative estimate of drug-likeness (QED) is 0.157. The van der Waals surface area contributed by atoms with Crippen LogP contribution in [0.2, 0.25) is 5.15 Å². The highest BCUT2D eigenvalue weighted by Gasteiger charge is 2.24. The second-order valence-corrected chi connectivity index (χ2v) is 8.29. The highest BCUT2D eigenvalue weighted by Crippen LogP contribution is 2.28. The summed E-state index contributed by atoms with van der Waals surface area (Å²) in [6, 6.07) is 4.30. The van der Waals surface area contributed by atoms with Gasteiger partial charge in [0.25, 0.3) is 0 Å². The number of fused-ring (bicyclic) bond motifs is 2. The maximum absolute atomic E-state index is 10.9. The normalized spacial score (nSPS) is 14.7. The fourth-order valence-corrected chi connectivity index (χ4v) is 3.45. The van der Waals surface area contributed by atoms with Crippen LogP contribution in [-0.2, 0) is 0 Å². The highest BCUT2D eigenvalue weighted by atomic mass is 35.5. The van der Waals surface area contributed by atoms with E-state index in [0.29, 0.717) is 51.8 Å². The molecule has 3 N–H and O–H groups in total. The minimum Gasteiger partial charge on any atom is -0.367 e. The lowest BCUT2D eigenvalue weighted by molar-refractivity contribution is 0.111. The lowest BCUT2D eigenvalue weighted by Crippen LogP contribution is -2.07. The average molecular weight is 481 g/mol. The van der Waals surface area contributed by atoms with Crippen molar-refractivity contribution in [3.63, 3.8) is 0 Å². The Balaban J connectivity index is 0.000000142. The topological polar surface area (TPSA) is 169 Å². The molecule has 0 radical (unpaired) electrons. The van der Waals surface area contributed by atoms with E-state index in [1.165, 1.54) is 12.4 Å². The predicted molar refractivity (Wildman–Crippen MR) is 122 cm³/mol. The summed E-state index contributed by atoms with van der Waals surface area (Å²) < 4.78 is 3.17. The molecule has 6 rings (SSSR count). The van der Waals surface area contributed by atoms with E-state index in [0.717, 1.165) is 37.8 Å². The van der Waals surface area contributed by atoms with Crippen molar-refractivity contribution in [3.05, 3.63) is 40.8 Å². The van der Waals surface area contributed by atoms with Gasteiger partial charge in [-0.15, -0.1) is 0 Å². The van der Waals surface area contributed by atoms with Gasteiger partial charge in [0.2, 0.25) is 10.7 Å². The van der Waals surface area contributed by atoms with Crippen LogP contribution in [0.1, 0.15) is 46.4 Å². The molecule has 0 spiro atoms. The minimum atomic E-state index is 0.282. The number of hydrogen-bond acceptors (Lipinski definition) is 10. The summed E-state index contributed by atoms with van der Waals surface area (Å²) in [5.74, 6) is 1.77. The van der Waals surface area contributed by atoms with Crippen molar-refractivity contribution in [2.45, 2.75) is 37.8 Å². The van der Waals surface area contributed by atoms with Gasteiger partial charge in [0, 0.05) is 24.2 Å². The van der Waals surface area contributed by atoms with E-state index in [9.17, 15) is 9.59 Å². The van der Waals surface area contributed by atoms with Crippen LogP contribution >= 0.6 is 11.6 Å². The number of hydrogen-bond donors (Lipinski definition) is 3. The molecule has 4 aromatic heterocycles. The summed E-state index contributed by atoms with van der Waals surface area (Å²) in [6.45, 7) is 0. The molecule has 2 fully saturated rings. The monoisotopic (exact) mass is 480 g/mol. The lowest BCUT2D eigenvalue weighted by atomic mass is 10.4. The number of aldehydes is 2. The Morgan fingerprint density at radius 1 is 0.941 bits per heavy atom. The van der Waals surface area contributed by atoms with Crippen molar-refractivity contribution in [1.82, 2.24) is 34.1 Å². The van der Waals surface area contributed by atoms with Crippen molar-refractivity contribution in [3.8, 4) is 0 Å². The zero-order valence-electron chi connectivity index (χ0n) is 17.7. The number of halogens is 1. The third-order valence-electron chi connectivity index (χ3n) is 5.22. The van der Waals surface area contributed by atoms with Crippen molar-refractivity contribution in [1.29, 1.82) is 5.53 Å². The minimum absolute atomic E-state index is 0.282. The molecule has 14 heteroatoms. The van der Waals surface area contributed by atoms with Gasteiger partial charge in [-0.1, -0.05) is 11.6 Å². The predicted octanol–water partition coefficient (Wildman–Crippen LogP) is 3.07. The average Bonchev–Trinajstić information content (AvgIpc) is 3.74. The van der Waals surface area contributed by atoms with Gasteiger partial charge in [-0.25, -0.2) is 9.97 Å². The van der Waals surface area contributed by atoms with E-state index in [4.69, 9.17) is 17.1 Å². The molecule has 172 valence electrons. The third kappa shape index (κ3) is 4.47. The molecule has 0 unspecified atom stereocenters. The van der Waals surface area contributed by atoms with Crippen molar-refractivity contribution in [2.75, 3.05) is 10.6 Å². The van der Waals surface area contributed by atoms with Crippen LogP contribution in [0.3, 0.4) is 0 Å². The van der Waals surface area contributed by atoms with Crippen molar-refractivity contribution >= 4 is 52.9 Å². The van der Waals surface area contributed by atoms with Crippen LogP contribution in [0.25, 0.3) is 11.3 Å². The zero-order chi connectivity index (χ0) is 23.7. The van der Waals surface area contributed by atoms with E-state index in [2.05, 4.69) is 40.8 Å². The Kier molecular flexibility index (Phi) is 5.70. The van der Waals surface area contributed by atoms with Gasteiger partial charge in [0.1, 0.15) is 22.3 Å². The Labute approximate surface area is 196 Å². The maximum Gasteiger partial charge on any atom is 0.247 e. The summed E-state index contributed by atoms with van der Waals surface area (Å²) in [5.41, 5.74) is 8.48. The first-order valence-electron chi connectivity index (χ1n) is 10.5. The van der Waals surface area contributed by atoms with Gasteiger partial charge in [-0.05, 0) is 25.7 Å². The Hall–Kier alpha value is -4.22. The summed E-state index contributed by atoms with van der Waals surface area (Å²) in [5, 5.41) is 18.7. The van der Waals surface area contributed by atoms with Crippen LogP contribution in [-0.4, -0.2) is 53.9 Å². The summed E-state index contributed by atoms with van der Waals surface area (Å²) in [4.78, 5) is 32.9. The van der Waals surface area contributed by atoms with E-state index in [1.54, 1.807) is 21.2 Å². The zero-order valence-corrected chi connectivity index (χ0v) is 18.5. The molecule has 0 bridgehead atoms. The fourth-order valence-electron chi connectivity index (χ4n) is 3.27. The molecular formula is C20H19ClN11O2+. The first kappa shape index (κ1) is 21.6. The number of carbonyl (C=O) groups is 2. The number of nitrogens with one attached hydrogen (secondary N) is 3. The van der Waals surface area contributed by atoms with Crippen LogP contribution in [0.4, 0.5) is 17.5 Å². The fraction of sp³-hybridized carbons (Fsp3) is 0.300. The molecule has 4 heterocycles. The lowest BCUT2D eigenvalue weighted by Gasteiger charge is -2.07. The summed E-state index contributed by atoms with van der Waals surface area (Å²) in [6.07, 6.45) is 8.90. The summed E-state index contributed by atoms with van der Waals surface area (Å²) in [7, 11) is 0. The van der Waals surface area contributed by atoms with Gasteiger partial charge in [-0.3, -0.25) is 9.59 Å².